The molecule has 1 fully saturated rings. The Bertz CT molecular complexity index is 600. The zero-order chi connectivity index (χ0) is 16.2. The molecule has 1 atom stereocenters. The van der Waals surface area contributed by atoms with Gasteiger partial charge in [0, 0.05) is 11.1 Å². The van der Waals surface area contributed by atoms with Gasteiger partial charge in [0.1, 0.15) is 11.6 Å². The van der Waals surface area contributed by atoms with Crippen LogP contribution in [0, 0.1) is 11.7 Å². The van der Waals surface area contributed by atoms with Gasteiger partial charge in [0.2, 0.25) is 0 Å². The number of allylic oxidation sites excluding steroid dienone is 3. The number of benzene rings is 1. The van der Waals surface area contributed by atoms with Crippen LogP contribution in [0.15, 0.2) is 36.4 Å². The van der Waals surface area contributed by atoms with Gasteiger partial charge in [0.05, 0.1) is 6.10 Å². The lowest BCUT2D eigenvalue weighted by molar-refractivity contribution is 0.106. The van der Waals surface area contributed by atoms with E-state index in [0.29, 0.717) is 5.92 Å². The SMILES string of the molecule is CC1CC=CC=C(OC2CCC(CN)CC2)c2cccc(F)c21. The number of halogens is 1. The predicted octanol–water partition coefficient (Wildman–Crippen LogP) is 4.76. The van der Waals surface area contributed by atoms with Gasteiger partial charge in [-0.05, 0) is 62.6 Å². The molecule has 1 aromatic carbocycles. The van der Waals surface area contributed by atoms with Gasteiger partial charge in [-0.2, -0.15) is 0 Å². The van der Waals surface area contributed by atoms with E-state index in [4.69, 9.17) is 10.5 Å². The van der Waals surface area contributed by atoms with Crippen molar-refractivity contribution in [1.82, 2.24) is 0 Å². The standard InChI is InChI=1S/C20H26FNO/c1-14-5-2-3-8-19(17-6-4-7-18(21)20(14)17)23-16-11-9-15(13-22)10-12-16/h2-4,6-8,14-16H,5,9-13,22H2,1H3. The van der Waals surface area contributed by atoms with Crippen LogP contribution in [0.2, 0.25) is 0 Å². The maximum absolute atomic E-state index is 14.4. The van der Waals surface area contributed by atoms with Crippen molar-refractivity contribution in [2.24, 2.45) is 11.7 Å². The summed E-state index contributed by atoms with van der Waals surface area (Å²) in [7, 11) is 0. The van der Waals surface area contributed by atoms with Gasteiger partial charge in [-0.3, -0.25) is 0 Å². The van der Waals surface area contributed by atoms with Gasteiger partial charge in [-0.1, -0.05) is 31.2 Å². The first-order valence-corrected chi connectivity index (χ1v) is 8.71. The first-order chi connectivity index (χ1) is 11.2. The third-order valence-electron chi connectivity index (χ3n) is 5.11. The highest BCUT2D eigenvalue weighted by Crippen LogP contribution is 2.35. The number of hydrogen-bond acceptors (Lipinski definition) is 2. The minimum atomic E-state index is -0.133. The Kier molecular flexibility index (Phi) is 5.16. The summed E-state index contributed by atoms with van der Waals surface area (Å²) >= 11 is 0. The molecule has 2 N–H and O–H groups in total. The summed E-state index contributed by atoms with van der Waals surface area (Å²) in [5.41, 5.74) is 7.45. The van der Waals surface area contributed by atoms with Crippen LogP contribution in [-0.2, 0) is 4.74 Å². The molecular formula is C20H26FNO. The van der Waals surface area contributed by atoms with E-state index < -0.39 is 0 Å². The van der Waals surface area contributed by atoms with E-state index in [1.807, 2.05) is 18.2 Å². The minimum Gasteiger partial charge on any atom is -0.490 e. The summed E-state index contributed by atoms with van der Waals surface area (Å²) in [6, 6.07) is 5.30. The fourth-order valence-electron chi connectivity index (χ4n) is 3.67. The molecule has 1 unspecified atom stereocenters. The highest BCUT2D eigenvalue weighted by Gasteiger charge is 2.25. The molecule has 23 heavy (non-hydrogen) atoms. The third kappa shape index (κ3) is 3.66. The average Bonchev–Trinajstić information content (AvgIpc) is 2.56. The average molecular weight is 315 g/mol. The van der Waals surface area contributed by atoms with Crippen molar-refractivity contribution in [1.29, 1.82) is 0 Å². The monoisotopic (exact) mass is 315 g/mol. The molecule has 2 aliphatic carbocycles. The Morgan fingerprint density at radius 1 is 1.22 bits per heavy atom. The fraction of sp³-hybridized carbons (Fsp3) is 0.500. The molecule has 2 aliphatic rings. The highest BCUT2D eigenvalue weighted by molar-refractivity contribution is 5.66. The van der Waals surface area contributed by atoms with Crippen LogP contribution in [-0.4, -0.2) is 12.6 Å². The molecule has 0 aromatic heterocycles. The summed E-state index contributed by atoms with van der Waals surface area (Å²) in [4.78, 5) is 0. The van der Waals surface area contributed by atoms with Crippen LogP contribution in [0.4, 0.5) is 4.39 Å². The number of hydrogen-bond donors (Lipinski definition) is 1. The number of nitrogens with two attached hydrogens (primary N) is 1. The van der Waals surface area contributed by atoms with Crippen LogP contribution < -0.4 is 5.73 Å². The smallest absolute Gasteiger partial charge is 0.127 e. The Hall–Kier alpha value is -1.61. The molecule has 0 amide bonds. The first kappa shape index (κ1) is 16.3. The van der Waals surface area contributed by atoms with Crippen molar-refractivity contribution >= 4 is 5.76 Å². The van der Waals surface area contributed by atoms with Crippen LogP contribution in [0.3, 0.4) is 0 Å². The van der Waals surface area contributed by atoms with Crippen LogP contribution in [0.25, 0.3) is 5.76 Å². The lowest BCUT2D eigenvalue weighted by atomic mass is 9.87. The Balaban J connectivity index is 1.83. The van der Waals surface area contributed by atoms with Crippen LogP contribution in [0.5, 0.6) is 0 Å². The molecule has 0 spiro atoms. The van der Waals surface area contributed by atoms with E-state index in [1.165, 1.54) is 0 Å². The molecule has 0 heterocycles. The minimum absolute atomic E-state index is 0.133. The van der Waals surface area contributed by atoms with Crippen molar-refractivity contribution in [3.8, 4) is 0 Å². The summed E-state index contributed by atoms with van der Waals surface area (Å²) in [5, 5.41) is 0. The molecule has 2 nitrogen and oxygen atoms in total. The highest BCUT2D eigenvalue weighted by atomic mass is 19.1. The van der Waals surface area contributed by atoms with Crippen LogP contribution in [0.1, 0.15) is 56.1 Å². The van der Waals surface area contributed by atoms with E-state index in [1.54, 1.807) is 12.1 Å². The zero-order valence-corrected chi connectivity index (χ0v) is 13.8. The molecule has 1 saturated carbocycles. The van der Waals surface area contributed by atoms with Crippen molar-refractivity contribution in [3.05, 3.63) is 53.4 Å². The second kappa shape index (κ2) is 7.31. The van der Waals surface area contributed by atoms with Gasteiger partial charge in [0.25, 0.3) is 0 Å². The Morgan fingerprint density at radius 2 is 2.00 bits per heavy atom. The summed E-state index contributed by atoms with van der Waals surface area (Å²) in [5.74, 6) is 1.46. The molecule has 3 heteroatoms. The largest absolute Gasteiger partial charge is 0.490 e. The lowest BCUT2D eigenvalue weighted by Crippen LogP contribution is -2.25. The number of rotatable bonds is 3. The summed E-state index contributed by atoms with van der Waals surface area (Å²) in [6.07, 6.45) is 11.5. The van der Waals surface area contributed by atoms with Crippen molar-refractivity contribution < 1.29 is 9.13 Å². The Labute approximate surface area is 138 Å². The van der Waals surface area contributed by atoms with Crippen molar-refractivity contribution in [2.75, 3.05) is 6.54 Å². The molecule has 124 valence electrons. The van der Waals surface area contributed by atoms with E-state index in [2.05, 4.69) is 13.0 Å². The Morgan fingerprint density at radius 3 is 2.74 bits per heavy atom. The van der Waals surface area contributed by atoms with Gasteiger partial charge in [0.15, 0.2) is 0 Å². The molecule has 0 saturated heterocycles. The lowest BCUT2D eigenvalue weighted by Gasteiger charge is -2.30. The summed E-state index contributed by atoms with van der Waals surface area (Å²) in [6.45, 7) is 2.84. The fourth-order valence-corrected chi connectivity index (χ4v) is 3.67. The molecule has 3 rings (SSSR count). The molecule has 0 bridgehead atoms. The third-order valence-corrected chi connectivity index (χ3v) is 5.11. The van der Waals surface area contributed by atoms with Crippen molar-refractivity contribution in [2.45, 2.75) is 51.0 Å². The van der Waals surface area contributed by atoms with E-state index in [9.17, 15) is 4.39 Å². The van der Waals surface area contributed by atoms with Gasteiger partial charge >= 0.3 is 0 Å². The number of ether oxygens (including phenoxy) is 1. The predicted molar refractivity (Wildman–Crippen MR) is 92.4 cm³/mol. The van der Waals surface area contributed by atoms with E-state index in [-0.39, 0.29) is 17.8 Å². The van der Waals surface area contributed by atoms with Crippen molar-refractivity contribution in [3.63, 3.8) is 0 Å². The molecular weight excluding hydrogens is 289 g/mol. The van der Waals surface area contributed by atoms with Gasteiger partial charge in [-0.15, -0.1) is 0 Å². The maximum Gasteiger partial charge on any atom is 0.127 e. The zero-order valence-electron chi connectivity index (χ0n) is 13.8. The van der Waals surface area contributed by atoms with E-state index in [0.717, 1.165) is 55.5 Å². The maximum atomic E-state index is 14.4. The second-order valence-electron chi connectivity index (χ2n) is 6.79. The molecule has 0 aliphatic heterocycles. The topological polar surface area (TPSA) is 35.2 Å². The quantitative estimate of drug-likeness (QED) is 0.872. The molecule has 0 radical (unpaired) electrons. The number of fused-ring (bicyclic) bond motifs is 1. The van der Waals surface area contributed by atoms with Gasteiger partial charge < -0.3 is 10.5 Å². The van der Waals surface area contributed by atoms with E-state index >= 15 is 0 Å². The van der Waals surface area contributed by atoms with Gasteiger partial charge in [-0.25, -0.2) is 4.39 Å². The first-order valence-electron chi connectivity index (χ1n) is 8.71. The summed E-state index contributed by atoms with van der Waals surface area (Å²) < 4.78 is 20.7. The molecule has 1 aromatic rings. The second-order valence-corrected chi connectivity index (χ2v) is 6.79. The normalized spacial score (nSPS) is 27.6. The van der Waals surface area contributed by atoms with Crippen LogP contribution >= 0.6 is 0 Å².